The third kappa shape index (κ3) is 2.51. The van der Waals surface area contributed by atoms with E-state index in [1.165, 1.54) is 0 Å². The van der Waals surface area contributed by atoms with Crippen molar-refractivity contribution in [3.05, 3.63) is 0 Å². The molecule has 0 saturated heterocycles. The van der Waals surface area contributed by atoms with Crippen LogP contribution in [0.4, 0.5) is 0 Å². The van der Waals surface area contributed by atoms with E-state index in [4.69, 9.17) is 0 Å². The summed E-state index contributed by atoms with van der Waals surface area (Å²) in [6.07, 6.45) is 3.34. The van der Waals surface area contributed by atoms with Crippen molar-refractivity contribution in [3.63, 3.8) is 0 Å². The molecule has 0 fully saturated rings. The minimum Gasteiger partial charge on any atom is -0.303 e. The van der Waals surface area contributed by atoms with Gasteiger partial charge >= 0.3 is 0 Å². The van der Waals surface area contributed by atoms with Gasteiger partial charge in [-0.3, -0.25) is 0 Å². The number of rotatable bonds is 4. The summed E-state index contributed by atoms with van der Waals surface area (Å²) in [7, 11) is 0. The fraction of sp³-hybridized carbons (Fsp3) is 0.889. The molecule has 0 aliphatic rings. The standard InChI is InChI=1S/C9H18O/c1-5-6-9(3,4)8(2)7-10/h7-8H,5-6H2,1-4H3. The van der Waals surface area contributed by atoms with Gasteiger partial charge in [0.25, 0.3) is 0 Å². The molecule has 0 amide bonds. The molecule has 0 aromatic carbocycles. The second kappa shape index (κ2) is 3.75. The minimum atomic E-state index is 0.187. The Balaban J connectivity index is 3.94. The van der Waals surface area contributed by atoms with Crippen LogP contribution < -0.4 is 0 Å². The van der Waals surface area contributed by atoms with Crippen molar-refractivity contribution in [1.29, 1.82) is 0 Å². The first-order valence-electron chi connectivity index (χ1n) is 4.00. The highest BCUT2D eigenvalue weighted by Crippen LogP contribution is 2.29. The SMILES string of the molecule is CCCC(C)(C)C(C)C=O. The van der Waals surface area contributed by atoms with Crippen LogP contribution in [-0.2, 0) is 4.79 Å². The quantitative estimate of drug-likeness (QED) is 0.551. The zero-order valence-electron chi connectivity index (χ0n) is 7.48. The summed E-state index contributed by atoms with van der Waals surface area (Å²) in [5, 5.41) is 0. The lowest BCUT2D eigenvalue weighted by atomic mass is 9.77. The molecule has 0 heterocycles. The molecule has 0 aliphatic heterocycles. The molecule has 0 radical (unpaired) electrons. The highest BCUT2D eigenvalue weighted by Gasteiger charge is 2.23. The number of hydrogen-bond acceptors (Lipinski definition) is 1. The van der Waals surface area contributed by atoms with Crippen molar-refractivity contribution in [3.8, 4) is 0 Å². The number of carbonyl (C=O) groups is 1. The molecule has 0 aromatic heterocycles. The van der Waals surface area contributed by atoms with Crippen LogP contribution in [0.1, 0.15) is 40.5 Å². The molecule has 0 aliphatic carbocycles. The van der Waals surface area contributed by atoms with Gasteiger partial charge in [0.2, 0.25) is 0 Å². The molecule has 10 heavy (non-hydrogen) atoms. The van der Waals surface area contributed by atoms with Crippen molar-refractivity contribution < 1.29 is 4.79 Å². The molecule has 0 aromatic rings. The Morgan fingerprint density at radius 3 is 2.30 bits per heavy atom. The van der Waals surface area contributed by atoms with Gasteiger partial charge in [-0.15, -0.1) is 0 Å². The second-order valence-corrected chi connectivity index (χ2v) is 3.66. The Morgan fingerprint density at radius 2 is 2.00 bits per heavy atom. The lowest BCUT2D eigenvalue weighted by Crippen LogP contribution is -2.22. The molecule has 0 N–H and O–H groups in total. The maximum absolute atomic E-state index is 10.4. The van der Waals surface area contributed by atoms with Crippen molar-refractivity contribution in [2.24, 2.45) is 11.3 Å². The fourth-order valence-electron chi connectivity index (χ4n) is 1.06. The van der Waals surface area contributed by atoms with Crippen LogP contribution in [0.25, 0.3) is 0 Å². The first-order chi connectivity index (χ1) is 4.54. The predicted molar refractivity (Wildman–Crippen MR) is 43.9 cm³/mol. The maximum atomic E-state index is 10.4. The average molecular weight is 142 g/mol. The Bertz CT molecular complexity index is 105. The second-order valence-electron chi connectivity index (χ2n) is 3.66. The van der Waals surface area contributed by atoms with E-state index in [1.54, 1.807) is 0 Å². The zero-order chi connectivity index (χ0) is 8.20. The van der Waals surface area contributed by atoms with E-state index < -0.39 is 0 Å². The maximum Gasteiger partial charge on any atom is 0.123 e. The fourth-order valence-corrected chi connectivity index (χ4v) is 1.06. The van der Waals surface area contributed by atoms with Crippen LogP contribution in [0.5, 0.6) is 0 Å². The minimum absolute atomic E-state index is 0.187. The predicted octanol–water partition coefficient (Wildman–Crippen LogP) is 2.65. The summed E-state index contributed by atoms with van der Waals surface area (Å²) in [5.41, 5.74) is 0.191. The number of hydrogen-bond donors (Lipinski definition) is 0. The van der Waals surface area contributed by atoms with Gasteiger partial charge in [0.15, 0.2) is 0 Å². The van der Waals surface area contributed by atoms with E-state index in [0.717, 1.165) is 19.1 Å². The van der Waals surface area contributed by atoms with Gasteiger partial charge in [0.1, 0.15) is 6.29 Å². The first-order valence-corrected chi connectivity index (χ1v) is 4.00. The third-order valence-corrected chi connectivity index (χ3v) is 2.33. The van der Waals surface area contributed by atoms with Gasteiger partial charge in [-0.25, -0.2) is 0 Å². The molecule has 1 heteroatoms. The van der Waals surface area contributed by atoms with E-state index in [1.807, 2.05) is 6.92 Å². The lowest BCUT2D eigenvalue weighted by molar-refractivity contribution is -0.113. The summed E-state index contributed by atoms with van der Waals surface area (Å²) < 4.78 is 0. The van der Waals surface area contributed by atoms with Crippen molar-refractivity contribution in [2.75, 3.05) is 0 Å². The topological polar surface area (TPSA) is 17.1 Å². The summed E-state index contributed by atoms with van der Waals surface area (Å²) >= 11 is 0. The van der Waals surface area contributed by atoms with Gasteiger partial charge in [-0.2, -0.15) is 0 Å². The van der Waals surface area contributed by atoms with Gasteiger partial charge < -0.3 is 4.79 Å². The largest absolute Gasteiger partial charge is 0.303 e. The van der Waals surface area contributed by atoms with E-state index in [9.17, 15) is 4.79 Å². The Kier molecular flexibility index (Phi) is 3.62. The van der Waals surface area contributed by atoms with Crippen LogP contribution in [0, 0.1) is 11.3 Å². The van der Waals surface area contributed by atoms with Gasteiger partial charge in [-0.1, -0.05) is 34.1 Å². The molecule has 1 unspecified atom stereocenters. The van der Waals surface area contributed by atoms with Crippen LogP contribution in [0.15, 0.2) is 0 Å². The molecule has 60 valence electrons. The normalized spacial score (nSPS) is 14.8. The van der Waals surface area contributed by atoms with Gasteiger partial charge in [-0.05, 0) is 11.8 Å². The number of aldehydes is 1. The van der Waals surface area contributed by atoms with Crippen LogP contribution in [-0.4, -0.2) is 6.29 Å². The smallest absolute Gasteiger partial charge is 0.123 e. The van der Waals surface area contributed by atoms with Crippen molar-refractivity contribution in [2.45, 2.75) is 40.5 Å². The molecule has 0 bridgehead atoms. The van der Waals surface area contributed by atoms with E-state index in [-0.39, 0.29) is 11.3 Å². The lowest BCUT2D eigenvalue weighted by Gasteiger charge is -2.27. The molecular formula is C9H18O. The Morgan fingerprint density at radius 1 is 1.50 bits per heavy atom. The highest BCUT2D eigenvalue weighted by molar-refractivity contribution is 5.54. The van der Waals surface area contributed by atoms with Gasteiger partial charge in [0.05, 0.1) is 0 Å². The van der Waals surface area contributed by atoms with E-state index >= 15 is 0 Å². The molecule has 1 atom stereocenters. The number of carbonyl (C=O) groups excluding carboxylic acids is 1. The van der Waals surface area contributed by atoms with Crippen molar-refractivity contribution >= 4 is 6.29 Å². The summed E-state index contributed by atoms with van der Waals surface area (Å²) in [5.74, 6) is 0.187. The third-order valence-electron chi connectivity index (χ3n) is 2.33. The monoisotopic (exact) mass is 142 g/mol. The van der Waals surface area contributed by atoms with Crippen LogP contribution in [0.3, 0.4) is 0 Å². The van der Waals surface area contributed by atoms with Crippen molar-refractivity contribution in [1.82, 2.24) is 0 Å². The average Bonchev–Trinajstić information content (AvgIpc) is 1.86. The zero-order valence-corrected chi connectivity index (χ0v) is 7.48. The molecular weight excluding hydrogens is 124 g/mol. The molecule has 0 spiro atoms. The first kappa shape index (κ1) is 9.67. The molecule has 1 nitrogen and oxygen atoms in total. The summed E-state index contributed by atoms with van der Waals surface area (Å²) in [6, 6.07) is 0. The highest BCUT2D eigenvalue weighted by atomic mass is 16.1. The van der Waals surface area contributed by atoms with Gasteiger partial charge in [0, 0.05) is 5.92 Å². The van der Waals surface area contributed by atoms with E-state index in [2.05, 4.69) is 20.8 Å². The Labute approximate surface area is 63.8 Å². The van der Waals surface area contributed by atoms with E-state index in [0.29, 0.717) is 0 Å². The van der Waals surface area contributed by atoms with Crippen LogP contribution >= 0.6 is 0 Å². The van der Waals surface area contributed by atoms with Crippen LogP contribution in [0.2, 0.25) is 0 Å². The Hall–Kier alpha value is -0.330. The molecule has 0 saturated carbocycles. The molecule has 0 rings (SSSR count). The summed E-state index contributed by atoms with van der Waals surface area (Å²) in [6.45, 7) is 8.44. The summed E-state index contributed by atoms with van der Waals surface area (Å²) in [4.78, 5) is 10.4.